The van der Waals surface area contributed by atoms with Crippen molar-refractivity contribution in [2.24, 2.45) is 27.6 Å². The molecule has 7 aliphatic rings. The first kappa shape index (κ1) is 73.3. The summed E-state index contributed by atoms with van der Waals surface area (Å²) in [6.45, 7) is 24.1. The molecular weight excluding hydrogens is 1330 g/mol. The molecule has 7 heterocycles. The van der Waals surface area contributed by atoms with Crippen LogP contribution in [0.2, 0.25) is 0 Å². The number of nitrogens with one attached hydrogen (secondary N) is 3. The summed E-state index contributed by atoms with van der Waals surface area (Å²) >= 11 is 3.16. The fourth-order valence-electron chi connectivity index (χ4n) is 18.7. The molecule has 7 aromatic rings. The number of likely N-dealkylation sites (N-methyl/N-ethyl adjacent to an activating group) is 1. The minimum absolute atomic E-state index is 0.00667. The smallest absolute Gasteiger partial charge is 0.355 e. The number of aromatic nitrogens is 7. The van der Waals surface area contributed by atoms with Gasteiger partial charge in [-0.2, -0.15) is 5.10 Å². The van der Waals surface area contributed by atoms with Crippen LogP contribution >= 0.6 is 22.7 Å². The predicted octanol–water partition coefficient (Wildman–Crippen LogP) is 15.3. The van der Waals surface area contributed by atoms with Gasteiger partial charge in [-0.15, -0.1) is 21.5 Å². The first-order valence-corrected chi connectivity index (χ1v) is 39.1. The zero-order valence-electron chi connectivity index (χ0n) is 61.6. The van der Waals surface area contributed by atoms with Gasteiger partial charge in [0.15, 0.2) is 22.5 Å². The Balaban J connectivity index is 0.541. The number of hydrogen-bond acceptors (Lipinski definition) is 18. The maximum absolute atomic E-state index is 14.9. The Morgan fingerprint density at radius 1 is 0.863 bits per heavy atom. The van der Waals surface area contributed by atoms with Crippen LogP contribution in [0.15, 0.2) is 66.3 Å². The lowest BCUT2D eigenvalue weighted by Gasteiger charge is -2.69. The molecule has 6 fully saturated rings. The third kappa shape index (κ3) is 16.1. The second kappa shape index (κ2) is 29.9. The third-order valence-corrected chi connectivity index (χ3v) is 24.8. The highest BCUT2D eigenvalue weighted by Crippen LogP contribution is 2.72. The number of amides is 2. The van der Waals surface area contributed by atoms with Gasteiger partial charge in [0.2, 0.25) is 11.8 Å². The van der Waals surface area contributed by atoms with Gasteiger partial charge in [-0.1, -0.05) is 122 Å². The van der Waals surface area contributed by atoms with E-state index in [0.717, 1.165) is 149 Å². The normalized spacial score (nSPS) is 24.0. The number of thiazole rings is 2. The Hall–Kier alpha value is -7.02. The van der Waals surface area contributed by atoms with Crippen LogP contribution in [0.25, 0.3) is 31.8 Å². The van der Waals surface area contributed by atoms with Gasteiger partial charge in [-0.25, -0.2) is 24.1 Å². The van der Waals surface area contributed by atoms with Crippen molar-refractivity contribution in [2.45, 2.75) is 233 Å². The van der Waals surface area contributed by atoms with Crippen LogP contribution in [-0.4, -0.2) is 149 Å². The van der Waals surface area contributed by atoms with Crippen LogP contribution in [-0.2, 0) is 33.8 Å². The van der Waals surface area contributed by atoms with Crippen LogP contribution in [0.1, 0.15) is 202 Å². The first-order chi connectivity index (χ1) is 48.7. The molecule has 4 bridgehead atoms. The lowest BCUT2D eigenvalue weighted by atomic mass is 9.39. The van der Waals surface area contributed by atoms with E-state index in [0.29, 0.717) is 55.7 Å². The molecule has 0 radical (unpaired) electrons. The average Bonchev–Trinajstić information content (AvgIpc) is 0.820. The summed E-state index contributed by atoms with van der Waals surface area (Å²) in [5.74, 6) is 1.06. The number of alkyl halides is 1. The van der Waals surface area contributed by atoms with Crippen LogP contribution in [0, 0.1) is 48.3 Å². The van der Waals surface area contributed by atoms with Crippen molar-refractivity contribution < 1.29 is 38.5 Å². The van der Waals surface area contributed by atoms with Crippen molar-refractivity contribution in [2.75, 3.05) is 56.7 Å². The van der Waals surface area contributed by atoms with Crippen molar-refractivity contribution in [3.63, 3.8) is 0 Å². The molecule has 2 amide bonds. The minimum atomic E-state index is -1.72. The summed E-state index contributed by atoms with van der Waals surface area (Å²) in [6.07, 6.45) is 20.1. The molecule has 6 atom stereocenters. The van der Waals surface area contributed by atoms with Gasteiger partial charge in [-0.05, 0) is 181 Å². The molecule has 14 rings (SSSR count). The highest BCUT2D eigenvalue weighted by Gasteiger charge is 2.66. The second-order valence-electron chi connectivity index (χ2n) is 33.1. The number of aryl methyl sites for hydroxylation is 1. The van der Waals surface area contributed by atoms with Crippen molar-refractivity contribution in [1.82, 2.24) is 55.4 Å². The Morgan fingerprint density at radius 2 is 1.60 bits per heavy atom. The topological polar surface area (TPSA) is 238 Å². The number of halogens is 1. The lowest BCUT2D eigenvalue weighted by Crippen LogP contribution is -2.64. The number of aromatic carboxylic acids is 1. The van der Waals surface area contributed by atoms with E-state index >= 15 is 0 Å². The Labute approximate surface area is 608 Å². The SMILES string of the molecule is Cc1ncsc1-c1ccc(CNC(=O)[C@@H]2C[C@@H](C)CN2C(=O)[C@@H](N[C@@H](O)C2(F)CC2)C(C)(C)C)c(OCCCCCCCCCCCN(C)CCOC23CC4(C)CC(C)(CC(Cn5ncc(-c6ccc(N7CCCc8c7nnc(Nc7nc9ccccc9s7)c8C)nc6C(=O)O)c5C)(C4)C2)C3)c1. The predicted molar refractivity (Wildman–Crippen MR) is 401 cm³/mol. The highest BCUT2D eigenvalue weighted by molar-refractivity contribution is 7.22. The number of unbranched alkanes of at least 4 members (excludes halogenated alkanes) is 8. The van der Waals surface area contributed by atoms with Gasteiger partial charge < -0.3 is 45.0 Å². The molecule has 20 nitrogen and oxygen atoms in total. The van der Waals surface area contributed by atoms with E-state index in [9.17, 15) is 29.0 Å². The van der Waals surface area contributed by atoms with Gasteiger partial charge in [-0.3, -0.25) is 19.6 Å². The number of carbonyl (C=O) groups is 3. The third-order valence-electron chi connectivity index (χ3n) is 22.9. The van der Waals surface area contributed by atoms with Gasteiger partial charge in [0.1, 0.15) is 29.5 Å². The number of benzene rings is 2. The fraction of sp³-hybridized carbons (Fsp3) is 0.608. The standard InChI is InChI=1S/C79H106FN13O7S2/c1-50-37-60(92(41-50)70(95)66(74(5,6)7)86-72(98)79(80)30-31-79)69(94)81-39-55-27-26-54(65-52(3)82-49-101-65)38-61(55)99-35-21-17-15-13-11-12-14-16-20-32-90(10)34-36-100-78-45-75(8)42-76(9,46-78)44-77(43-75,47-78)48-93-53(4)58(40-83-93)57-28-29-63(85-64(57)71(96)97)91-33-22-23-56-51(2)67(88-89-68(56)91)87-73-84-59-24-18-19-25-62(59)102-73/h18-19,24-29,38,40,49-50,60,66,72,86,98H,11-17,20-23,30-37,39,41-48H2,1-10H3,(H,81,94)(H,96,97)(H,84,87,88)/t50-,60+,66-,72+,75?,76?,77?,78?/m1/s1. The molecule has 548 valence electrons. The van der Waals surface area contributed by atoms with Gasteiger partial charge in [0, 0.05) is 66.2 Å². The van der Waals surface area contributed by atoms with Gasteiger partial charge in [0.25, 0.3) is 0 Å². The van der Waals surface area contributed by atoms with Crippen LogP contribution in [0.4, 0.5) is 27.0 Å². The van der Waals surface area contributed by atoms with Crippen LogP contribution < -0.4 is 25.6 Å². The van der Waals surface area contributed by atoms with E-state index in [1.807, 2.05) is 93.7 Å². The van der Waals surface area contributed by atoms with E-state index in [1.165, 1.54) is 44.9 Å². The number of rotatable bonds is 32. The monoisotopic (exact) mass is 1430 g/mol. The number of anilines is 4. The van der Waals surface area contributed by atoms with Crippen LogP contribution in [0.3, 0.4) is 0 Å². The second-order valence-corrected chi connectivity index (χ2v) is 35.0. The maximum atomic E-state index is 14.9. The van der Waals surface area contributed by atoms with Gasteiger partial charge >= 0.3 is 5.97 Å². The number of hydrogen-bond donors (Lipinski definition) is 5. The van der Waals surface area contributed by atoms with Crippen molar-refractivity contribution in [3.05, 3.63) is 100 Å². The van der Waals surface area contributed by atoms with Gasteiger partial charge in [0.05, 0.1) is 57.4 Å². The summed E-state index contributed by atoms with van der Waals surface area (Å²) < 4.78 is 31.8. The van der Waals surface area contributed by atoms with E-state index < -0.39 is 35.4 Å². The number of nitrogens with zero attached hydrogens (tertiary/aromatic N) is 10. The number of fused-ring (bicyclic) bond motifs is 2. The Morgan fingerprint density at radius 3 is 2.30 bits per heavy atom. The summed E-state index contributed by atoms with van der Waals surface area (Å²) in [5, 5.41) is 46.0. The summed E-state index contributed by atoms with van der Waals surface area (Å²) in [5.41, 5.74) is 7.73. The molecule has 2 aliphatic heterocycles. The molecule has 5 aromatic heterocycles. The molecule has 5 aliphatic carbocycles. The van der Waals surface area contributed by atoms with Crippen molar-refractivity contribution in [3.8, 4) is 27.3 Å². The zero-order valence-corrected chi connectivity index (χ0v) is 63.2. The number of carbonyl (C=O) groups excluding carboxylic acids is 2. The molecule has 0 spiro atoms. The summed E-state index contributed by atoms with van der Waals surface area (Å²) in [4.78, 5) is 62.6. The van der Waals surface area contributed by atoms with E-state index in [2.05, 4.69) is 82.5 Å². The fourth-order valence-corrected chi connectivity index (χ4v) is 20.3. The largest absolute Gasteiger partial charge is 0.493 e. The first-order valence-electron chi connectivity index (χ1n) is 37.4. The van der Waals surface area contributed by atoms with Crippen molar-refractivity contribution >= 4 is 73.3 Å². The van der Waals surface area contributed by atoms with E-state index in [1.54, 1.807) is 27.6 Å². The number of pyridine rings is 1. The number of aliphatic hydroxyl groups is 1. The van der Waals surface area contributed by atoms with E-state index in [-0.39, 0.29) is 64.7 Å². The number of ether oxygens (including phenoxy) is 2. The number of carboxylic acids is 1. The van der Waals surface area contributed by atoms with Crippen molar-refractivity contribution in [1.29, 1.82) is 0 Å². The average molecular weight is 1430 g/mol. The Bertz CT molecular complexity index is 4130. The minimum Gasteiger partial charge on any atom is -0.493 e. The molecule has 23 heteroatoms. The summed E-state index contributed by atoms with van der Waals surface area (Å²) in [6, 6.07) is 16.4. The number of aliphatic hydroxyl groups excluding tert-OH is 1. The molecule has 2 aromatic carbocycles. The molecule has 102 heavy (non-hydrogen) atoms. The number of para-hydroxylation sites is 1. The maximum Gasteiger partial charge on any atom is 0.355 e. The Kier molecular flexibility index (Phi) is 21.5. The summed E-state index contributed by atoms with van der Waals surface area (Å²) in [7, 11) is 2.24. The number of carboxylic acid groups (broad SMARTS) is 1. The molecule has 5 N–H and O–H groups in total. The quantitative estimate of drug-likeness (QED) is 0.0195. The lowest BCUT2D eigenvalue weighted by molar-refractivity contribution is -0.248. The molecule has 2 unspecified atom stereocenters. The molecular formula is C79H106FN13O7S2. The number of likely N-dealkylation sites (tertiary alicyclic amines) is 1. The molecule has 1 saturated heterocycles. The highest BCUT2D eigenvalue weighted by atomic mass is 32.1. The zero-order chi connectivity index (χ0) is 71.9. The molecule has 5 saturated carbocycles. The van der Waals surface area contributed by atoms with E-state index in [4.69, 9.17) is 29.6 Å². The van der Waals surface area contributed by atoms with Crippen LogP contribution in [0.5, 0.6) is 5.75 Å².